The molecule has 3 heteroatoms. The molecular weight excluding hydrogens is 467 g/mol. The average molecular weight is 488 g/mol. The van der Waals surface area contributed by atoms with Crippen LogP contribution in [0.4, 0.5) is 0 Å². The van der Waals surface area contributed by atoms with Crippen molar-refractivity contribution in [2.24, 2.45) is 7.05 Å². The molecule has 5 aromatic rings. The van der Waals surface area contributed by atoms with Crippen molar-refractivity contribution in [3.8, 4) is 5.69 Å². The van der Waals surface area contributed by atoms with Crippen molar-refractivity contribution in [3.05, 3.63) is 108 Å². The van der Waals surface area contributed by atoms with Gasteiger partial charge in [0.2, 0.25) is 0 Å². The molecule has 0 saturated carbocycles. The second-order valence-corrected chi connectivity index (χ2v) is 7.09. The maximum Gasteiger partial charge on any atom is 0.169 e. The van der Waals surface area contributed by atoms with E-state index in [-0.39, 0.29) is 24.0 Å². The quantitative estimate of drug-likeness (QED) is 0.273. The van der Waals surface area contributed by atoms with Crippen LogP contribution in [-0.2, 0) is 7.05 Å². The van der Waals surface area contributed by atoms with E-state index in [0.717, 1.165) is 0 Å². The van der Waals surface area contributed by atoms with Gasteiger partial charge in [0.15, 0.2) is 12.4 Å². The van der Waals surface area contributed by atoms with Crippen molar-refractivity contribution < 1.29 is 28.5 Å². The van der Waals surface area contributed by atoms with Crippen LogP contribution in [0, 0.1) is 0 Å². The fourth-order valence-electron chi connectivity index (χ4n) is 3.75. The molecule has 0 unspecified atom stereocenters. The summed E-state index contributed by atoms with van der Waals surface area (Å²) < 4.78 is 4.38. The molecule has 0 saturated heterocycles. The Morgan fingerprint density at radius 3 is 1.66 bits per heavy atom. The van der Waals surface area contributed by atoms with Gasteiger partial charge in [-0.2, -0.15) is 0 Å². The fraction of sp³-hybridized carbons (Fsp3) is 0.0385. The highest BCUT2D eigenvalue weighted by Gasteiger charge is 2.10. The molecule has 0 fully saturated rings. The molecule has 0 aliphatic rings. The van der Waals surface area contributed by atoms with Crippen LogP contribution < -0.4 is 28.5 Å². The van der Waals surface area contributed by atoms with Crippen molar-refractivity contribution >= 4 is 34.0 Å². The minimum atomic E-state index is 0. The van der Waals surface area contributed by atoms with Gasteiger partial charge in [0.25, 0.3) is 0 Å². The van der Waals surface area contributed by atoms with E-state index in [1.54, 1.807) is 0 Å². The lowest BCUT2D eigenvalue weighted by Crippen LogP contribution is -3.00. The Balaban J connectivity index is 0.00000205. The third kappa shape index (κ3) is 3.70. The van der Waals surface area contributed by atoms with E-state index in [1.807, 2.05) is 11.6 Å². The number of nitrogens with zero attached hydrogens (tertiary/aromatic N) is 2. The van der Waals surface area contributed by atoms with Gasteiger partial charge in [0.1, 0.15) is 7.05 Å². The van der Waals surface area contributed by atoms with Gasteiger partial charge in [0.05, 0.1) is 11.0 Å². The first-order valence-corrected chi connectivity index (χ1v) is 9.52. The van der Waals surface area contributed by atoms with Crippen LogP contribution >= 0.6 is 0 Å². The van der Waals surface area contributed by atoms with Crippen LogP contribution in [0.2, 0.25) is 0 Å². The Labute approximate surface area is 187 Å². The zero-order chi connectivity index (χ0) is 18.9. The van der Waals surface area contributed by atoms with Gasteiger partial charge in [-0.15, -0.1) is 0 Å². The Morgan fingerprint density at radius 2 is 1.10 bits per heavy atom. The zero-order valence-electron chi connectivity index (χ0n) is 16.2. The second kappa shape index (κ2) is 8.21. The van der Waals surface area contributed by atoms with Crippen molar-refractivity contribution in [1.29, 1.82) is 0 Å². The predicted octanol–water partition coefficient (Wildman–Crippen LogP) is 2.78. The van der Waals surface area contributed by atoms with Gasteiger partial charge in [-0.3, -0.25) is 0 Å². The standard InChI is InChI=1S/C26H21N2.HI/c1-27-18-16-21(17-19-27)11-10-20-12-14-22(15-13-20)28-25-8-4-2-6-23(25)24-7-3-5-9-26(24)28;/h2-19H,1H3;1H/q+1;/p-1. The Bertz CT molecular complexity index is 1240. The summed E-state index contributed by atoms with van der Waals surface area (Å²) in [5, 5.41) is 2.58. The first-order chi connectivity index (χ1) is 13.8. The monoisotopic (exact) mass is 488 g/mol. The molecule has 0 atom stereocenters. The van der Waals surface area contributed by atoms with Crippen LogP contribution in [0.15, 0.2) is 97.3 Å². The van der Waals surface area contributed by atoms with Gasteiger partial charge in [0, 0.05) is 28.6 Å². The van der Waals surface area contributed by atoms with E-state index >= 15 is 0 Å². The van der Waals surface area contributed by atoms with Gasteiger partial charge in [-0.25, -0.2) is 4.57 Å². The number of aromatic nitrogens is 2. The summed E-state index contributed by atoms with van der Waals surface area (Å²) in [5.74, 6) is 0. The summed E-state index contributed by atoms with van der Waals surface area (Å²) in [6.07, 6.45) is 8.43. The number of rotatable bonds is 3. The Hall–Kier alpha value is -2.92. The van der Waals surface area contributed by atoms with Gasteiger partial charge >= 0.3 is 0 Å². The lowest BCUT2D eigenvalue weighted by Gasteiger charge is -2.08. The van der Waals surface area contributed by atoms with E-state index in [2.05, 4.69) is 114 Å². The summed E-state index contributed by atoms with van der Waals surface area (Å²) in [5.41, 5.74) is 6.05. The molecule has 142 valence electrons. The van der Waals surface area contributed by atoms with Crippen LogP contribution in [-0.4, -0.2) is 4.57 Å². The molecule has 2 aromatic heterocycles. The number of halogens is 1. The zero-order valence-corrected chi connectivity index (χ0v) is 18.3. The van der Waals surface area contributed by atoms with Crippen LogP contribution in [0.1, 0.15) is 11.1 Å². The molecule has 2 heterocycles. The number of benzene rings is 3. The van der Waals surface area contributed by atoms with Gasteiger partial charge in [-0.1, -0.05) is 60.7 Å². The normalized spacial score (nSPS) is 11.2. The molecule has 2 nitrogen and oxygen atoms in total. The minimum Gasteiger partial charge on any atom is -1.00 e. The van der Waals surface area contributed by atoms with E-state index in [9.17, 15) is 0 Å². The lowest BCUT2D eigenvalue weighted by atomic mass is 10.1. The first-order valence-electron chi connectivity index (χ1n) is 9.52. The number of aryl methyl sites for hydroxylation is 1. The summed E-state index contributed by atoms with van der Waals surface area (Å²) in [4.78, 5) is 0. The number of hydrogen-bond donors (Lipinski definition) is 0. The van der Waals surface area contributed by atoms with Crippen molar-refractivity contribution in [2.75, 3.05) is 0 Å². The number of hydrogen-bond acceptors (Lipinski definition) is 0. The maximum absolute atomic E-state index is 2.34. The minimum absolute atomic E-state index is 0. The number of pyridine rings is 1. The SMILES string of the molecule is C[n+]1ccc(/C=C/c2ccc(-n3c4ccccc4c4ccccc43)cc2)cc1.[I-]. The van der Waals surface area contributed by atoms with E-state index < -0.39 is 0 Å². The smallest absolute Gasteiger partial charge is 0.169 e. The fourth-order valence-corrected chi connectivity index (χ4v) is 3.75. The predicted molar refractivity (Wildman–Crippen MR) is 117 cm³/mol. The second-order valence-electron chi connectivity index (χ2n) is 7.09. The third-order valence-corrected chi connectivity index (χ3v) is 5.20. The average Bonchev–Trinajstić information content (AvgIpc) is 3.08. The molecule has 0 bridgehead atoms. The highest BCUT2D eigenvalue weighted by Crippen LogP contribution is 2.31. The number of fused-ring (bicyclic) bond motifs is 3. The van der Waals surface area contributed by atoms with Crippen LogP contribution in [0.5, 0.6) is 0 Å². The van der Waals surface area contributed by atoms with Gasteiger partial charge < -0.3 is 28.5 Å². The van der Waals surface area contributed by atoms with Crippen LogP contribution in [0.3, 0.4) is 0 Å². The van der Waals surface area contributed by atoms with Crippen molar-refractivity contribution in [1.82, 2.24) is 4.57 Å². The molecule has 0 amide bonds. The summed E-state index contributed by atoms with van der Waals surface area (Å²) in [6.45, 7) is 0. The molecule has 0 aliphatic carbocycles. The van der Waals surface area contributed by atoms with E-state index in [4.69, 9.17) is 0 Å². The molecular formula is C26H21IN2. The lowest BCUT2D eigenvalue weighted by molar-refractivity contribution is -0.671. The molecule has 3 aromatic carbocycles. The van der Waals surface area contributed by atoms with Gasteiger partial charge in [-0.05, 0) is 35.4 Å². The van der Waals surface area contributed by atoms with Crippen molar-refractivity contribution in [3.63, 3.8) is 0 Å². The summed E-state index contributed by atoms with van der Waals surface area (Å²) >= 11 is 0. The molecule has 5 rings (SSSR count). The Kier molecular flexibility index (Phi) is 5.49. The largest absolute Gasteiger partial charge is 1.00 e. The maximum atomic E-state index is 2.34. The molecule has 0 N–H and O–H groups in total. The molecule has 0 spiro atoms. The summed E-state index contributed by atoms with van der Waals surface area (Å²) in [7, 11) is 2.03. The molecule has 0 aliphatic heterocycles. The molecule has 0 radical (unpaired) electrons. The first kappa shape index (κ1) is 19.4. The highest BCUT2D eigenvalue weighted by molar-refractivity contribution is 6.09. The van der Waals surface area contributed by atoms with Crippen LogP contribution in [0.25, 0.3) is 39.6 Å². The van der Waals surface area contributed by atoms with Crippen molar-refractivity contribution in [2.45, 2.75) is 0 Å². The number of para-hydroxylation sites is 2. The van der Waals surface area contributed by atoms with E-state index in [0.29, 0.717) is 0 Å². The highest BCUT2D eigenvalue weighted by atomic mass is 127. The van der Waals surface area contributed by atoms with E-state index in [1.165, 1.54) is 38.6 Å². The summed E-state index contributed by atoms with van der Waals surface area (Å²) in [6, 6.07) is 30.2. The molecule has 29 heavy (non-hydrogen) atoms. The Morgan fingerprint density at radius 1 is 0.621 bits per heavy atom. The topological polar surface area (TPSA) is 8.81 Å². The third-order valence-electron chi connectivity index (χ3n) is 5.20.